The highest BCUT2D eigenvalue weighted by molar-refractivity contribution is 7.99. The number of carbonyl (C=O) groups is 1. The molecule has 7 nitrogen and oxygen atoms in total. The van der Waals surface area contributed by atoms with Gasteiger partial charge in [-0.15, -0.1) is 0 Å². The quantitative estimate of drug-likeness (QED) is 0.188. The number of rotatable bonds is 7. The molecule has 0 spiro atoms. The Bertz CT molecular complexity index is 1370. The largest absolute Gasteiger partial charge is 0.508 e. The summed E-state index contributed by atoms with van der Waals surface area (Å²) in [5.41, 5.74) is 5.16. The van der Waals surface area contributed by atoms with Crippen LogP contribution in [0.1, 0.15) is 18.9 Å². The highest BCUT2D eigenvalue weighted by atomic mass is 32.2. The molecule has 0 bridgehead atoms. The third-order valence-electron chi connectivity index (χ3n) is 4.94. The van der Waals surface area contributed by atoms with Crippen LogP contribution < -0.4 is 11.0 Å². The van der Waals surface area contributed by atoms with Crippen molar-refractivity contribution in [1.82, 2.24) is 15.0 Å². The van der Waals surface area contributed by atoms with E-state index in [-0.39, 0.29) is 23.0 Å². The summed E-state index contributed by atoms with van der Waals surface area (Å²) in [7, 11) is 0. The predicted molar refractivity (Wildman–Crippen MR) is 131 cm³/mol. The second-order valence-corrected chi connectivity index (χ2v) is 8.11. The molecule has 0 unspecified atom stereocenters. The van der Waals surface area contributed by atoms with Crippen LogP contribution in [0.2, 0.25) is 0 Å². The lowest BCUT2D eigenvalue weighted by atomic mass is 10.1. The molecule has 0 saturated heterocycles. The SMILES string of the molecule is CCC(=NNC(=O)CSc1nc2ccccc2c(=O)n1-c1ccccc1)c1ccc(O)cc1. The summed E-state index contributed by atoms with van der Waals surface area (Å²) in [6.45, 7) is 1.93. The lowest BCUT2D eigenvalue weighted by Gasteiger charge is -2.13. The van der Waals surface area contributed by atoms with Crippen LogP contribution in [0.3, 0.4) is 0 Å². The highest BCUT2D eigenvalue weighted by Crippen LogP contribution is 2.21. The van der Waals surface area contributed by atoms with Crippen LogP contribution in [-0.2, 0) is 4.79 Å². The Hall–Kier alpha value is -3.91. The molecule has 0 aliphatic carbocycles. The van der Waals surface area contributed by atoms with Crippen molar-refractivity contribution in [3.63, 3.8) is 0 Å². The fourth-order valence-corrected chi connectivity index (χ4v) is 4.11. The van der Waals surface area contributed by atoms with Crippen LogP contribution in [0.4, 0.5) is 0 Å². The molecule has 33 heavy (non-hydrogen) atoms. The number of aromatic nitrogens is 2. The maximum absolute atomic E-state index is 13.2. The van der Waals surface area contributed by atoms with Crippen molar-refractivity contribution in [3.05, 3.63) is 94.8 Å². The Morgan fingerprint density at radius 2 is 1.73 bits per heavy atom. The number of nitrogens with zero attached hydrogens (tertiary/aromatic N) is 3. The molecule has 0 fully saturated rings. The van der Waals surface area contributed by atoms with Gasteiger partial charge in [-0.2, -0.15) is 5.10 Å². The monoisotopic (exact) mass is 458 g/mol. The third kappa shape index (κ3) is 5.12. The van der Waals surface area contributed by atoms with Crippen LogP contribution >= 0.6 is 11.8 Å². The smallest absolute Gasteiger partial charge is 0.266 e. The molecule has 0 aliphatic heterocycles. The van der Waals surface area contributed by atoms with Gasteiger partial charge in [-0.05, 0) is 60.5 Å². The summed E-state index contributed by atoms with van der Waals surface area (Å²) in [4.78, 5) is 30.4. The van der Waals surface area contributed by atoms with Crippen molar-refractivity contribution in [2.75, 3.05) is 5.75 Å². The normalized spacial score (nSPS) is 11.5. The van der Waals surface area contributed by atoms with Crippen LogP contribution in [-0.4, -0.2) is 32.0 Å². The molecule has 4 rings (SSSR count). The van der Waals surface area contributed by atoms with Crippen LogP contribution in [0, 0.1) is 0 Å². The molecule has 8 heteroatoms. The van der Waals surface area contributed by atoms with E-state index in [0.29, 0.717) is 33.9 Å². The van der Waals surface area contributed by atoms with Gasteiger partial charge in [-0.1, -0.05) is 49.0 Å². The highest BCUT2D eigenvalue weighted by Gasteiger charge is 2.14. The number of aromatic hydroxyl groups is 1. The van der Waals surface area contributed by atoms with E-state index in [9.17, 15) is 14.7 Å². The summed E-state index contributed by atoms with van der Waals surface area (Å²) in [5.74, 6) is -0.109. The molecular formula is C25H22N4O3S. The number of phenols is 1. The van der Waals surface area contributed by atoms with E-state index in [2.05, 4.69) is 15.5 Å². The van der Waals surface area contributed by atoms with E-state index < -0.39 is 0 Å². The number of nitrogens with one attached hydrogen (secondary N) is 1. The van der Waals surface area contributed by atoms with Crippen molar-refractivity contribution >= 4 is 34.3 Å². The molecule has 4 aromatic rings. The molecule has 1 aromatic heterocycles. The van der Waals surface area contributed by atoms with E-state index in [1.54, 1.807) is 42.5 Å². The molecule has 0 aliphatic rings. The number of benzene rings is 3. The fourth-order valence-electron chi connectivity index (χ4n) is 3.31. The van der Waals surface area contributed by atoms with Gasteiger partial charge in [0.1, 0.15) is 5.75 Å². The Morgan fingerprint density at radius 1 is 1.03 bits per heavy atom. The zero-order chi connectivity index (χ0) is 23.2. The van der Waals surface area contributed by atoms with E-state index in [1.807, 2.05) is 43.3 Å². The molecule has 0 saturated carbocycles. The number of hydrogen-bond acceptors (Lipinski definition) is 6. The van der Waals surface area contributed by atoms with Crippen molar-refractivity contribution in [1.29, 1.82) is 0 Å². The fraction of sp³-hybridized carbons (Fsp3) is 0.120. The molecule has 1 heterocycles. The number of hydrogen-bond donors (Lipinski definition) is 2. The predicted octanol–water partition coefficient (Wildman–Crippen LogP) is 4.11. The molecule has 166 valence electrons. The first-order valence-electron chi connectivity index (χ1n) is 10.4. The van der Waals surface area contributed by atoms with Gasteiger partial charge in [0.15, 0.2) is 5.16 Å². The van der Waals surface area contributed by atoms with Gasteiger partial charge in [0.2, 0.25) is 0 Å². The van der Waals surface area contributed by atoms with Gasteiger partial charge >= 0.3 is 0 Å². The van der Waals surface area contributed by atoms with E-state index in [1.165, 1.54) is 16.3 Å². The van der Waals surface area contributed by atoms with Crippen molar-refractivity contribution < 1.29 is 9.90 Å². The van der Waals surface area contributed by atoms with Gasteiger partial charge in [0.05, 0.1) is 28.1 Å². The summed E-state index contributed by atoms with van der Waals surface area (Å²) in [6.07, 6.45) is 0.609. The summed E-state index contributed by atoms with van der Waals surface area (Å²) < 4.78 is 1.53. The topological polar surface area (TPSA) is 96.6 Å². The Balaban J connectivity index is 1.57. The van der Waals surface area contributed by atoms with E-state index in [0.717, 1.165) is 5.56 Å². The summed E-state index contributed by atoms with van der Waals surface area (Å²) in [6, 6.07) is 23.0. The van der Waals surface area contributed by atoms with Gasteiger partial charge in [-0.3, -0.25) is 14.2 Å². The molecule has 0 radical (unpaired) electrons. The molecule has 2 N–H and O–H groups in total. The average Bonchev–Trinajstić information content (AvgIpc) is 2.85. The van der Waals surface area contributed by atoms with Crippen LogP contribution in [0.25, 0.3) is 16.6 Å². The van der Waals surface area contributed by atoms with Crippen molar-refractivity contribution in [3.8, 4) is 11.4 Å². The first-order chi connectivity index (χ1) is 16.1. The number of amides is 1. The molecule has 3 aromatic carbocycles. The van der Waals surface area contributed by atoms with Crippen LogP contribution in [0.15, 0.2) is 93.9 Å². The molecule has 1 amide bonds. The van der Waals surface area contributed by atoms with Gasteiger partial charge < -0.3 is 5.11 Å². The number of para-hydroxylation sites is 2. The number of fused-ring (bicyclic) bond motifs is 1. The summed E-state index contributed by atoms with van der Waals surface area (Å²) >= 11 is 1.17. The van der Waals surface area contributed by atoms with Crippen molar-refractivity contribution in [2.45, 2.75) is 18.5 Å². The first kappa shape index (κ1) is 22.3. The third-order valence-corrected chi connectivity index (χ3v) is 5.88. The number of carbonyl (C=O) groups excluding carboxylic acids is 1. The Kier molecular flexibility index (Phi) is 6.85. The van der Waals surface area contributed by atoms with Gasteiger partial charge in [-0.25, -0.2) is 10.4 Å². The molecule has 0 atom stereocenters. The maximum Gasteiger partial charge on any atom is 0.266 e. The minimum absolute atomic E-state index is 0.0354. The second kappa shape index (κ2) is 10.1. The summed E-state index contributed by atoms with van der Waals surface area (Å²) in [5, 5.41) is 14.6. The Morgan fingerprint density at radius 3 is 2.45 bits per heavy atom. The Labute approximate surface area is 194 Å². The standard InChI is InChI=1S/C25H22N4O3S/c1-2-21(17-12-14-19(30)15-13-17)27-28-23(31)16-33-25-26-22-11-7-6-10-20(22)24(32)29(25)18-8-4-3-5-9-18/h3-15,30H,2,16H2,1H3,(H,28,31). The zero-order valence-corrected chi connectivity index (χ0v) is 18.7. The average molecular weight is 459 g/mol. The van der Waals surface area contributed by atoms with Gasteiger partial charge in [0.25, 0.3) is 11.5 Å². The van der Waals surface area contributed by atoms with E-state index in [4.69, 9.17) is 0 Å². The second-order valence-electron chi connectivity index (χ2n) is 7.17. The maximum atomic E-state index is 13.2. The van der Waals surface area contributed by atoms with Crippen molar-refractivity contribution in [2.24, 2.45) is 5.10 Å². The minimum Gasteiger partial charge on any atom is -0.508 e. The molecular weight excluding hydrogens is 436 g/mol. The van der Waals surface area contributed by atoms with Crippen LogP contribution in [0.5, 0.6) is 5.75 Å². The number of hydrazone groups is 1. The minimum atomic E-state index is -0.313. The van der Waals surface area contributed by atoms with Gasteiger partial charge in [0, 0.05) is 0 Å². The number of thioether (sulfide) groups is 1. The zero-order valence-electron chi connectivity index (χ0n) is 17.9. The first-order valence-corrected chi connectivity index (χ1v) is 11.4. The number of phenolic OH excluding ortho intramolecular Hbond substituents is 1. The van der Waals surface area contributed by atoms with E-state index >= 15 is 0 Å². The lowest BCUT2D eigenvalue weighted by molar-refractivity contribution is -0.118. The lowest BCUT2D eigenvalue weighted by Crippen LogP contribution is -2.24.